The highest BCUT2D eigenvalue weighted by molar-refractivity contribution is 5.93. The molecule has 7 nitrogen and oxygen atoms in total. The first-order chi connectivity index (χ1) is 10.9. The van der Waals surface area contributed by atoms with Crippen molar-refractivity contribution in [1.82, 2.24) is 5.01 Å². The Morgan fingerprint density at radius 2 is 2.26 bits per heavy atom. The molecule has 0 N–H and O–H groups in total. The van der Waals surface area contributed by atoms with Crippen LogP contribution in [0, 0.1) is 0 Å². The van der Waals surface area contributed by atoms with Gasteiger partial charge in [0, 0.05) is 13.7 Å². The minimum atomic E-state index is -0.729. The number of hydrogen-bond acceptors (Lipinski definition) is 7. The van der Waals surface area contributed by atoms with Gasteiger partial charge in [-0.3, -0.25) is 9.80 Å². The van der Waals surface area contributed by atoms with E-state index in [4.69, 9.17) is 24.0 Å². The zero-order chi connectivity index (χ0) is 16.9. The van der Waals surface area contributed by atoms with Gasteiger partial charge < -0.3 is 18.9 Å². The second kappa shape index (κ2) is 8.08. The van der Waals surface area contributed by atoms with Crippen molar-refractivity contribution in [2.75, 3.05) is 33.5 Å². The molecule has 0 amide bonds. The van der Waals surface area contributed by atoms with E-state index in [1.807, 2.05) is 18.9 Å². The lowest BCUT2D eigenvalue weighted by Gasteiger charge is -2.37. The van der Waals surface area contributed by atoms with Gasteiger partial charge in [0.15, 0.2) is 5.79 Å². The van der Waals surface area contributed by atoms with Gasteiger partial charge in [0.2, 0.25) is 0 Å². The second-order valence-corrected chi connectivity index (χ2v) is 6.31. The number of ether oxygens (including phenoxy) is 4. The fourth-order valence-electron chi connectivity index (χ4n) is 2.89. The number of nitrogens with zero attached hydrogens (tertiary/aromatic N) is 2. The van der Waals surface area contributed by atoms with Crippen LogP contribution in [0.1, 0.15) is 40.0 Å². The first-order valence-electron chi connectivity index (χ1n) is 8.25. The lowest BCUT2D eigenvalue weighted by molar-refractivity contribution is -0.236. The minimum Gasteiger partial charge on any atom is -0.466 e. The molecule has 2 aliphatic heterocycles. The molecule has 2 atom stereocenters. The number of rotatable bonds is 6. The molecule has 0 aromatic heterocycles. The number of carbonyl (C=O) groups is 1. The molecule has 0 aromatic carbocycles. The maximum atomic E-state index is 11.8. The monoisotopic (exact) mass is 328 g/mol. The summed E-state index contributed by atoms with van der Waals surface area (Å²) >= 11 is 0. The van der Waals surface area contributed by atoms with Crippen molar-refractivity contribution in [2.45, 2.75) is 58.0 Å². The summed E-state index contributed by atoms with van der Waals surface area (Å²) in [6.45, 7) is 7.71. The SMILES string of the molecule is CCOC(=O)C[C@@H]1OC(C)(C)OC/C1=N\N1CCC[C@@H]1COC. The van der Waals surface area contributed by atoms with Crippen LogP contribution in [0.15, 0.2) is 5.10 Å². The average molecular weight is 328 g/mol. The number of esters is 1. The van der Waals surface area contributed by atoms with E-state index in [0.29, 0.717) is 19.8 Å². The Morgan fingerprint density at radius 1 is 1.48 bits per heavy atom. The third kappa shape index (κ3) is 5.16. The van der Waals surface area contributed by atoms with Crippen LogP contribution in [0.2, 0.25) is 0 Å². The van der Waals surface area contributed by atoms with E-state index in [0.717, 1.165) is 25.1 Å². The van der Waals surface area contributed by atoms with Crippen LogP contribution in [-0.2, 0) is 23.7 Å². The fraction of sp³-hybridized carbons (Fsp3) is 0.875. The van der Waals surface area contributed by atoms with Crippen LogP contribution < -0.4 is 0 Å². The first kappa shape index (κ1) is 18.2. The Bertz CT molecular complexity index is 438. The molecule has 2 fully saturated rings. The van der Waals surface area contributed by atoms with Crippen molar-refractivity contribution in [1.29, 1.82) is 0 Å². The Balaban J connectivity index is 2.09. The molecule has 0 aliphatic carbocycles. The summed E-state index contributed by atoms with van der Waals surface area (Å²) in [5.41, 5.74) is 0.736. The summed E-state index contributed by atoms with van der Waals surface area (Å²) in [6, 6.07) is 0.269. The first-order valence-corrected chi connectivity index (χ1v) is 8.25. The van der Waals surface area contributed by atoms with Crippen molar-refractivity contribution in [3.63, 3.8) is 0 Å². The molecule has 23 heavy (non-hydrogen) atoms. The summed E-state index contributed by atoms with van der Waals surface area (Å²) in [4.78, 5) is 11.8. The van der Waals surface area contributed by atoms with Crippen LogP contribution in [0.5, 0.6) is 0 Å². The average Bonchev–Trinajstić information content (AvgIpc) is 2.89. The van der Waals surface area contributed by atoms with E-state index in [9.17, 15) is 4.79 Å². The fourth-order valence-corrected chi connectivity index (χ4v) is 2.89. The lowest BCUT2D eigenvalue weighted by Crippen LogP contribution is -2.48. The summed E-state index contributed by atoms with van der Waals surface area (Å²) in [5, 5.41) is 6.74. The largest absolute Gasteiger partial charge is 0.466 e. The summed E-state index contributed by atoms with van der Waals surface area (Å²) in [7, 11) is 1.70. The predicted molar refractivity (Wildman–Crippen MR) is 85.2 cm³/mol. The van der Waals surface area contributed by atoms with Crippen LogP contribution in [-0.4, -0.2) is 68.1 Å². The standard InChI is InChI=1S/C16H28N2O5/c1-5-21-15(19)9-14-13(11-22-16(2,3)23-14)17-18-8-6-7-12(18)10-20-4/h12,14H,5-11H2,1-4H3/b17-13+/t12-,14+/m1/s1. The van der Waals surface area contributed by atoms with Crippen LogP contribution in [0.4, 0.5) is 0 Å². The molecule has 2 heterocycles. The molecule has 0 radical (unpaired) electrons. The minimum absolute atomic E-state index is 0.155. The highest BCUT2D eigenvalue weighted by Gasteiger charge is 2.36. The van der Waals surface area contributed by atoms with Crippen molar-refractivity contribution in [2.24, 2.45) is 5.10 Å². The van der Waals surface area contributed by atoms with Gasteiger partial charge in [-0.15, -0.1) is 0 Å². The molecule has 0 bridgehead atoms. The molecule has 0 aromatic rings. The molecule has 7 heteroatoms. The maximum absolute atomic E-state index is 11.8. The second-order valence-electron chi connectivity index (χ2n) is 6.31. The Kier molecular flexibility index (Phi) is 6.38. The van der Waals surface area contributed by atoms with Crippen molar-refractivity contribution in [3.05, 3.63) is 0 Å². The Labute approximate surface area is 137 Å². The number of carbonyl (C=O) groups excluding carboxylic acids is 1. The zero-order valence-corrected chi connectivity index (χ0v) is 14.5. The molecule has 2 saturated heterocycles. The summed E-state index contributed by atoms with van der Waals surface area (Å²) in [6.07, 6.45) is 1.88. The quantitative estimate of drug-likeness (QED) is 0.689. The van der Waals surface area contributed by atoms with E-state index in [2.05, 4.69) is 0 Å². The third-order valence-corrected chi connectivity index (χ3v) is 3.98. The molecular weight excluding hydrogens is 300 g/mol. The molecule has 132 valence electrons. The molecule has 0 spiro atoms. The van der Waals surface area contributed by atoms with Gasteiger partial charge >= 0.3 is 5.97 Å². The molecule has 2 aliphatic rings. The van der Waals surface area contributed by atoms with Gasteiger partial charge in [0.25, 0.3) is 0 Å². The topological polar surface area (TPSA) is 69.6 Å². The summed E-state index contributed by atoms with van der Waals surface area (Å²) < 4.78 is 21.9. The third-order valence-electron chi connectivity index (χ3n) is 3.98. The van der Waals surface area contributed by atoms with Crippen molar-refractivity contribution < 1.29 is 23.7 Å². The van der Waals surface area contributed by atoms with Gasteiger partial charge in [-0.05, 0) is 33.6 Å². The maximum Gasteiger partial charge on any atom is 0.308 e. The lowest BCUT2D eigenvalue weighted by atomic mass is 10.1. The highest BCUT2D eigenvalue weighted by Crippen LogP contribution is 2.25. The van der Waals surface area contributed by atoms with Crippen molar-refractivity contribution >= 4 is 11.7 Å². The highest BCUT2D eigenvalue weighted by atomic mass is 16.7. The molecule has 0 saturated carbocycles. The van der Waals surface area contributed by atoms with Crippen LogP contribution >= 0.6 is 0 Å². The number of hydrazone groups is 1. The molecular formula is C16H28N2O5. The summed E-state index contributed by atoms with van der Waals surface area (Å²) in [5.74, 6) is -1.01. The zero-order valence-electron chi connectivity index (χ0n) is 14.5. The molecule has 0 unspecified atom stereocenters. The predicted octanol–water partition coefficient (Wildman–Crippen LogP) is 1.56. The van der Waals surface area contributed by atoms with E-state index in [1.54, 1.807) is 14.0 Å². The van der Waals surface area contributed by atoms with Crippen molar-refractivity contribution in [3.8, 4) is 0 Å². The van der Waals surface area contributed by atoms with Gasteiger partial charge in [-0.2, -0.15) is 5.10 Å². The van der Waals surface area contributed by atoms with Gasteiger partial charge in [-0.1, -0.05) is 0 Å². The Morgan fingerprint density at radius 3 is 2.96 bits per heavy atom. The smallest absolute Gasteiger partial charge is 0.308 e. The van der Waals surface area contributed by atoms with E-state index in [-0.39, 0.29) is 18.4 Å². The van der Waals surface area contributed by atoms with Crippen LogP contribution in [0.3, 0.4) is 0 Å². The van der Waals surface area contributed by atoms with E-state index in [1.165, 1.54) is 0 Å². The number of methoxy groups -OCH3 is 1. The normalized spacial score (nSPS) is 29.0. The van der Waals surface area contributed by atoms with Crippen LogP contribution in [0.25, 0.3) is 0 Å². The van der Waals surface area contributed by atoms with Gasteiger partial charge in [0.05, 0.1) is 38.0 Å². The van der Waals surface area contributed by atoms with E-state index >= 15 is 0 Å². The van der Waals surface area contributed by atoms with Gasteiger partial charge in [0.1, 0.15) is 6.10 Å². The number of hydrogen-bond donors (Lipinski definition) is 0. The Hall–Kier alpha value is -1.18. The molecule has 2 rings (SSSR count). The van der Waals surface area contributed by atoms with Gasteiger partial charge in [-0.25, -0.2) is 0 Å². The van der Waals surface area contributed by atoms with E-state index < -0.39 is 11.9 Å².